The minimum Gasteiger partial charge on any atom is -0.496 e. The highest BCUT2D eigenvalue weighted by Gasteiger charge is 2.14. The van der Waals surface area contributed by atoms with E-state index in [-0.39, 0.29) is 11.9 Å². The van der Waals surface area contributed by atoms with Gasteiger partial charge >= 0.3 is 0 Å². The Hall–Kier alpha value is -1.87. The quantitative estimate of drug-likeness (QED) is 0.866. The summed E-state index contributed by atoms with van der Waals surface area (Å²) in [4.78, 5) is 0. The fourth-order valence-corrected chi connectivity index (χ4v) is 2.56. The van der Waals surface area contributed by atoms with E-state index in [2.05, 4.69) is 18.3 Å². The maximum atomic E-state index is 13.9. The monoisotopic (exact) mass is 287 g/mol. The first-order valence-electron chi connectivity index (χ1n) is 7.27. The predicted molar refractivity (Wildman–Crippen MR) is 84.3 cm³/mol. The number of ether oxygens (including phenoxy) is 1. The van der Waals surface area contributed by atoms with Gasteiger partial charge in [0.1, 0.15) is 11.6 Å². The number of likely N-dealkylation sites (N-methyl/N-ethyl adjacent to an activating group) is 1. The molecule has 0 saturated carbocycles. The lowest BCUT2D eigenvalue weighted by atomic mass is 9.97. The van der Waals surface area contributed by atoms with Crippen molar-refractivity contribution in [2.24, 2.45) is 0 Å². The minimum absolute atomic E-state index is 0.0940. The third-order valence-corrected chi connectivity index (χ3v) is 3.65. The largest absolute Gasteiger partial charge is 0.496 e. The van der Waals surface area contributed by atoms with E-state index in [9.17, 15) is 4.39 Å². The topological polar surface area (TPSA) is 21.3 Å². The zero-order chi connectivity index (χ0) is 15.2. The molecule has 2 nitrogen and oxygen atoms in total. The second-order valence-corrected chi connectivity index (χ2v) is 5.13. The summed E-state index contributed by atoms with van der Waals surface area (Å²) in [5.74, 6) is 0.727. The van der Waals surface area contributed by atoms with Crippen molar-refractivity contribution in [1.82, 2.24) is 5.32 Å². The average molecular weight is 287 g/mol. The van der Waals surface area contributed by atoms with Crippen molar-refractivity contribution in [2.75, 3.05) is 13.7 Å². The van der Waals surface area contributed by atoms with E-state index < -0.39 is 0 Å². The van der Waals surface area contributed by atoms with E-state index in [1.54, 1.807) is 13.2 Å². The molecule has 1 N–H and O–H groups in total. The highest BCUT2D eigenvalue weighted by Crippen LogP contribution is 2.25. The number of benzene rings is 2. The van der Waals surface area contributed by atoms with E-state index >= 15 is 0 Å². The summed E-state index contributed by atoms with van der Waals surface area (Å²) in [7, 11) is 1.67. The second kappa shape index (κ2) is 7.23. The molecule has 2 aromatic rings. The zero-order valence-corrected chi connectivity index (χ0v) is 12.8. The first-order chi connectivity index (χ1) is 10.2. The Kier molecular flexibility index (Phi) is 5.34. The molecule has 0 aliphatic heterocycles. The van der Waals surface area contributed by atoms with E-state index in [4.69, 9.17) is 4.74 Å². The summed E-state index contributed by atoms with van der Waals surface area (Å²) < 4.78 is 19.2. The molecule has 0 radical (unpaired) electrons. The van der Waals surface area contributed by atoms with Crippen molar-refractivity contribution < 1.29 is 9.13 Å². The smallest absolute Gasteiger partial charge is 0.126 e. The highest BCUT2D eigenvalue weighted by molar-refractivity contribution is 5.38. The van der Waals surface area contributed by atoms with Gasteiger partial charge in [0.05, 0.1) is 7.11 Å². The predicted octanol–water partition coefficient (Wildman–Crippen LogP) is 4.04. The number of aryl methyl sites for hydroxylation is 1. The molecule has 0 saturated heterocycles. The Bertz CT molecular complexity index is 598. The number of nitrogens with one attached hydrogen (secondary N) is 1. The van der Waals surface area contributed by atoms with Crippen LogP contribution in [0.1, 0.15) is 29.7 Å². The van der Waals surface area contributed by atoms with Gasteiger partial charge in [-0.25, -0.2) is 4.39 Å². The van der Waals surface area contributed by atoms with Crippen LogP contribution in [0.4, 0.5) is 4.39 Å². The van der Waals surface area contributed by atoms with E-state index in [0.29, 0.717) is 6.42 Å². The third-order valence-electron chi connectivity index (χ3n) is 3.65. The van der Waals surface area contributed by atoms with Crippen LogP contribution in [0, 0.1) is 12.7 Å². The molecule has 0 aromatic heterocycles. The Morgan fingerprint density at radius 1 is 1.19 bits per heavy atom. The van der Waals surface area contributed by atoms with Crippen LogP contribution in [-0.4, -0.2) is 13.7 Å². The van der Waals surface area contributed by atoms with Crippen LogP contribution >= 0.6 is 0 Å². The van der Waals surface area contributed by atoms with Gasteiger partial charge in [0.15, 0.2) is 0 Å². The van der Waals surface area contributed by atoms with Gasteiger partial charge in [-0.2, -0.15) is 0 Å². The summed E-state index contributed by atoms with van der Waals surface area (Å²) in [5.41, 5.74) is 2.97. The lowest BCUT2D eigenvalue weighted by molar-refractivity contribution is 0.411. The van der Waals surface area contributed by atoms with Crippen molar-refractivity contribution in [3.05, 3.63) is 65.0 Å². The number of hydrogen-bond acceptors (Lipinski definition) is 2. The molecule has 1 atom stereocenters. The Labute approximate surface area is 126 Å². The number of rotatable bonds is 6. The van der Waals surface area contributed by atoms with Crippen LogP contribution in [0.2, 0.25) is 0 Å². The van der Waals surface area contributed by atoms with Crippen molar-refractivity contribution in [1.29, 1.82) is 0 Å². The van der Waals surface area contributed by atoms with Gasteiger partial charge in [-0.15, -0.1) is 0 Å². The van der Waals surface area contributed by atoms with E-state index in [0.717, 1.165) is 29.0 Å². The Morgan fingerprint density at radius 2 is 1.95 bits per heavy atom. The lowest BCUT2D eigenvalue weighted by Gasteiger charge is -2.20. The zero-order valence-electron chi connectivity index (χ0n) is 12.8. The fourth-order valence-electron chi connectivity index (χ4n) is 2.56. The van der Waals surface area contributed by atoms with Crippen LogP contribution in [0.15, 0.2) is 42.5 Å². The van der Waals surface area contributed by atoms with Gasteiger partial charge < -0.3 is 10.1 Å². The van der Waals surface area contributed by atoms with Gasteiger partial charge in [0.25, 0.3) is 0 Å². The van der Waals surface area contributed by atoms with E-state index in [1.807, 2.05) is 31.2 Å². The van der Waals surface area contributed by atoms with Gasteiger partial charge in [-0.3, -0.25) is 0 Å². The molecular formula is C18H22FNO. The molecule has 0 heterocycles. The normalized spacial score (nSPS) is 12.2. The number of methoxy groups -OCH3 is 1. The molecule has 0 aliphatic carbocycles. The van der Waals surface area contributed by atoms with Crippen molar-refractivity contribution in [2.45, 2.75) is 26.3 Å². The van der Waals surface area contributed by atoms with Crippen LogP contribution in [-0.2, 0) is 6.42 Å². The molecule has 0 spiro atoms. The average Bonchev–Trinajstić information content (AvgIpc) is 2.49. The van der Waals surface area contributed by atoms with Crippen LogP contribution < -0.4 is 10.1 Å². The summed E-state index contributed by atoms with van der Waals surface area (Å²) in [6.07, 6.45) is 0.631. The van der Waals surface area contributed by atoms with Gasteiger partial charge in [0.2, 0.25) is 0 Å². The molecule has 2 aromatic carbocycles. The summed E-state index contributed by atoms with van der Waals surface area (Å²) in [5, 5.41) is 3.43. The van der Waals surface area contributed by atoms with Crippen molar-refractivity contribution >= 4 is 0 Å². The molecule has 0 bridgehead atoms. The molecule has 2 rings (SSSR count). The lowest BCUT2D eigenvalue weighted by Crippen LogP contribution is -2.23. The number of hydrogen-bond donors (Lipinski definition) is 1. The molecule has 0 aliphatic rings. The first kappa shape index (κ1) is 15.5. The summed E-state index contributed by atoms with van der Waals surface area (Å²) in [6, 6.07) is 13.2. The third kappa shape index (κ3) is 3.82. The van der Waals surface area contributed by atoms with Crippen LogP contribution in [0.25, 0.3) is 0 Å². The molecule has 112 valence electrons. The fraction of sp³-hybridized carbons (Fsp3) is 0.333. The SMILES string of the molecule is CCNC(Cc1ccccc1F)c1ccc(OC)c(C)c1. The minimum atomic E-state index is -0.148. The van der Waals surface area contributed by atoms with Crippen molar-refractivity contribution in [3.8, 4) is 5.75 Å². The molecule has 1 unspecified atom stereocenters. The molecule has 21 heavy (non-hydrogen) atoms. The highest BCUT2D eigenvalue weighted by atomic mass is 19.1. The maximum Gasteiger partial charge on any atom is 0.126 e. The molecule has 0 fully saturated rings. The Morgan fingerprint density at radius 3 is 2.57 bits per heavy atom. The van der Waals surface area contributed by atoms with Crippen LogP contribution in [0.3, 0.4) is 0 Å². The first-order valence-corrected chi connectivity index (χ1v) is 7.27. The van der Waals surface area contributed by atoms with Crippen LogP contribution in [0.5, 0.6) is 5.75 Å². The Balaban J connectivity index is 2.26. The summed E-state index contributed by atoms with van der Waals surface area (Å²) >= 11 is 0. The molecule has 0 amide bonds. The van der Waals surface area contributed by atoms with Gasteiger partial charge in [-0.1, -0.05) is 37.3 Å². The standard InChI is InChI=1S/C18H22FNO/c1-4-20-17(12-14-7-5-6-8-16(14)19)15-9-10-18(21-3)13(2)11-15/h5-11,17,20H,4,12H2,1-3H3. The number of halogens is 1. The van der Waals surface area contributed by atoms with E-state index in [1.165, 1.54) is 6.07 Å². The molecule has 3 heteroatoms. The summed E-state index contributed by atoms with van der Waals surface area (Å²) in [6.45, 7) is 4.92. The second-order valence-electron chi connectivity index (χ2n) is 5.13. The maximum absolute atomic E-state index is 13.9. The van der Waals surface area contributed by atoms with Gasteiger partial charge in [-0.05, 0) is 48.7 Å². The van der Waals surface area contributed by atoms with Crippen molar-refractivity contribution in [3.63, 3.8) is 0 Å². The molecular weight excluding hydrogens is 265 g/mol. The van der Waals surface area contributed by atoms with Gasteiger partial charge in [0, 0.05) is 6.04 Å².